The predicted molar refractivity (Wildman–Crippen MR) is 74.5 cm³/mol. The minimum Gasteiger partial charge on any atom is -0.481 e. The lowest BCUT2D eigenvalue weighted by Gasteiger charge is -2.15. The number of aliphatic carboxylic acids is 1. The van der Waals surface area contributed by atoms with Gasteiger partial charge in [-0.2, -0.15) is 5.26 Å². The molecule has 1 N–H and O–H groups in total. The summed E-state index contributed by atoms with van der Waals surface area (Å²) >= 11 is 0. The maximum absolute atomic E-state index is 11.0. The Labute approximate surface area is 121 Å². The van der Waals surface area contributed by atoms with E-state index in [-0.39, 0.29) is 5.92 Å². The van der Waals surface area contributed by atoms with E-state index in [2.05, 4.69) is 16.0 Å². The zero-order valence-electron chi connectivity index (χ0n) is 11.7. The molecule has 0 saturated carbocycles. The van der Waals surface area contributed by atoms with Gasteiger partial charge in [-0.15, -0.1) is 0 Å². The molecule has 1 aromatic heterocycles. The number of aromatic nitrogens is 1. The van der Waals surface area contributed by atoms with Crippen LogP contribution >= 0.6 is 0 Å². The third kappa shape index (κ3) is 2.60. The molecule has 1 aliphatic rings. The van der Waals surface area contributed by atoms with Gasteiger partial charge in [0.25, 0.3) is 0 Å². The van der Waals surface area contributed by atoms with Gasteiger partial charge in [0.1, 0.15) is 11.6 Å². The number of hydrogen-bond donors (Lipinski definition) is 1. The van der Waals surface area contributed by atoms with E-state index in [1.807, 2.05) is 6.07 Å². The fraction of sp³-hybridized carbons (Fsp3) is 0.400. The van der Waals surface area contributed by atoms with Crippen LogP contribution in [0.25, 0.3) is 11.1 Å². The quantitative estimate of drug-likeness (QED) is 0.926. The number of benzene rings is 1. The molecule has 0 spiro atoms. The van der Waals surface area contributed by atoms with Crippen LogP contribution in [0.3, 0.4) is 0 Å². The van der Waals surface area contributed by atoms with Gasteiger partial charge < -0.3 is 9.52 Å². The van der Waals surface area contributed by atoms with Crippen LogP contribution in [0, 0.1) is 24.2 Å². The van der Waals surface area contributed by atoms with E-state index in [9.17, 15) is 10.1 Å². The third-order valence-electron chi connectivity index (χ3n) is 3.81. The number of carboxylic acids is 1. The molecule has 21 heavy (non-hydrogen) atoms. The van der Waals surface area contributed by atoms with Crippen molar-refractivity contribution in [2.24, 2.45) is 5.92 Å². The number of fused-ring (bicyclic) bond motifs is 1. The number of oxazole rings is 1. The normalized spacial score (nSPS) is 19.0. The van der Waals surface area contributed by atoms with E-state index in [0.717, 1.165) is 12.1 Å². The molecule has 1 aliphatic heterocycles. The summed E-state index contributed by atoms with van der Waals surface area (Å²) in [6.07, 6.45) is 0.672. The Morgan fingerprint density at radius 3 is 3.10 bits per heavy atom. The van der Waals surface area contributed by atoms with Crippen molar-refractivity contribution in [3.05, 3.63) is 29.2 Å². The Balaban J connectivity index is 1.85. The SMILES string of the molecule is Cc1nc2cc(CN3CCC(C(=O)O)C3)cc(C#N)c2o1. The summed E-state index contributed by atoms with van der Waals surface area (Å²) in [4.78, 5) is 17.3. The summed E-state index contributed by atoms with van der Waals surface area (Å²) in [7, 11) is 0. The molecule has 0 aliphatic carbocycles. The highest BCUT2D eigenvalue weighted by Gasteiger charge is 2.28. The average molecular weight is 285 g/mol. The first-order valence-electron chi connectivity index (χ1n) is 6.82. The van der Waals surface area contributed by atoms with Gasteiger partial charge in [-0.3, -0.25) is 9.69 Å². The van der Waals surface area contributed by atoms with Crippen LogP contribution in [0.4, 0.5) is 0 Å². The van der Waals surface area contributed by atoms with E-state index in [0.29, 0.717) is 42.1 Å². The third-order valence-corrected chi connectivity index (χ3v) is 3.81. The summed E-state index contributed by atoms with van der Waals surface area (Å²) in [6, 6.07) is 5.83. The maximum atomic E-state index is 11.0. The summed E-state index contributed by atoms with van der Waals surface area (Å²) in [5, 5.41) is 18.2. The summed E-state index contributed by atoms with van der Waals surface area (Å²) < 4.78 is 5.44. The highest BCUT2D eigenvalue weighted by Crippen LogP contribution is 2.24. The highest BCUT2D eigenvalue weighted by molar-refractivity contribution is 5.80. The van der Waals surface area contributed by atoms with Gasteiger partial charge in [0.05, 0.1) is 11.5 Å². The van der Waals surface area contributed by atoms with Crippen molar-refractivity contribution in [1.82, 2.24) is 9.88 Å². The lowest BCUT2D eigenvalue weighted by Crippen LogP contribution is -2.22. The fourth-order valence-electron chi connectivity index (χ4n) is 2.81. The number of nitriles is 1. The van der Waals surface area contributed by atoms with Crippen molar-refractivity contribution in [1.29, 1.82) is 5.26 Å². The van der Waals surface area contributed by atoms with Crippen LogP contribution < -0.4 is 0 Å². The second-order valence-corrected chi connectivity index (χ2v) is 5.40. The molecule has 6 nitrogen and oxygen atoms in total. The van der Waals surface area contributed by atoms with Gasteiger partial charge in [-0.25, -0.2) is 4.98 Å². The number of rotatable bonds is 3. The van der Waals surface area contributed by atoms with Gasteiger partial charge in [-0.05, 0) is 30.7 Å². The molecule has 2 heterocycles. The first-order chi connectivity index (χ1) is 10.1. The number of aryl methyl sites for hydroxylation is 1. The van der Waals surface area contributed by atoms with E-state index in [1.54, 1.807) is 13.0 Å². The molecular formula is C15H15N3O3. The van der Waals surface area contributed by atoms with Crippen LogP contribution in [-0.2, 0) is 11.3 Å². The summed E-state index contributed by atoms with van der Waals surface area (Å²) in [6.45, 7) is 3.68. The lowest BCUT2D eigenvalue weighted by molar-refractivity contribution is -0.141. The van der Waals surface area contributed by atoms with Crippen LogP contribution in [0.5, 0.6) is 0 Å². The van der Waals surface area contributed by atoms with Crippen molar-refractivity contribution in [2.75, 3.05) is 13.1 Å². The molecule has 1 fully saturated rings. The van der Waals surface area contributed by atoms with Gasteiger partial charge >= 0.3 is 5.97 Å². The maximum Gasteiger partial charge on any atom is 0.307 e. The largest absolute Gasteiger partial charge is 0.481 e. The lowest BCUT2D eigenvalue weighted by atomic mass is 10.1. The summed E-state index contributed by atoms with van der Waals surface area (Å²) in [5.74, 6) is -0.498. The Bertz CT molecular complexity index is 744. The van der Waals surface area contributed by atoms with E-state index < -0.39 is 5.97 Å². The second kappa shape index (κ2) is 5.19. The molecule has 1 atom stereocenters. The monoisotopic (exact) mass is 285 g/mol. The molecule has 2 aromatic rings. The molecule has 0 radical (unpaired) electrons. The molecule has 3 rings (SSSR count). The Hall–Kier alpha value is -2.39. The molecule has 108 valence electrons. The zero-order valence-corrected chi connectivity index (χ0v) is 11.7. The number of carboxylic acid groups (broad SMARTS) is 1. The second-order valence-electron chi connectivity index (χ2n) is 5.40. The zero-order chi connectivity index (χ0) is 15.0. The first kappa shape index (κ1) is 13.6. The van der Waals surface area contributed by atoms with Gasteiger partial charge in [0, 0.05) is 20.0 Å². The van der Waals surface area contributed by atoms with Crippen molar-refractivity contribution in [2.45, 2.75) is 19.9 Å². The molecule has 0 amide bonds. The summed E-state index contributed by atoms with van der Waals surface area (Å²) in [5.41, 5.74) is 2.62. The van der Waals surface area contributed by atoms with Crippen molar-refractivity contribution in [3.8, 4) is 6.07 Å². The number of hydrogen-bond acceptors (Lipinski definition) is 5. The Morgan fingerprint density at radius 2 is 2.43 bits per heavy atom. The number of nitrogens with zero attached hydrogens (tertiary/aromatic N) is 3. The highest BCUT2D eigenvalue weighted by atomic mass is 16.4. The van der Waals surface area contributed by atoms with Crippen LogP contribution in [0.15, 0.2) is 16.5 Å². The van der Waals surface area contributed by atoms with Crippen LogP contribution in [0.1, 0.15) is 23.4 Å². The number of carbonyl (C=O) groups is 1. The van der Waals surface area contributed by atoms with E-state index >= 15 is 0 Å². The van der Waals surface area contributed by atoms with Crippen LogP contribution in [0.2, 0.25) is 0 Å². The smallest absolute Gasteiger partial charge is 0.307 e. The fourth-order valence-corrected chi connectivity index (χ4v) is 2.81. The van der Waals surface area contributed by atoms with Gasteiger partial charge in [0.15, 0.2) is 11.5 Å². The van der Waals surface area contributed by atoms with Crippen molar-refractivity contribution in [3.63, 3.8) is 0 Å². The number of likely N-dealkylation sites (tertiary alicyclic amines) is 1. The first-order valence-corrected chi connectivity index (χ1v) is 6.82. The van der Waals surface area contributed by atoms with E-state index in [4.69, 9.17) is 9.52 Å². The van der Waals surface area contributed by atoms with Crippen molar-refractivity contribution < 1.29 is 14.3 Å². The predicted octanol–water partition coefficient (Wildman–Crippen LogP) is 1.91. The topological polar surface area (TPSA) is 90.4 Å². The van der Waals surface area contributed by atoms with Crippen molar-refractivity contribution >= 4 is 17.1 Å². The molecule has 1 unspecified atom stereocenters. The average Bonchev–Trinajstić information content (AvgIpc) is 3.03. The van der Waals surface area contributed by atoms with Gasteiger partial charge in [0.2, 0.25) is 0 Å². The molecule has 1 aromatic carbocycles. The minimum atomic E-state index is -0.738. The Morgan fingerprint density at radius 1 is 1.62 bits per heavy atom. The minimum absolute atomic E-state index is 0.293. The molecule has 0 bridgehead atoms. The molecule has 1 saturated heterocycles. The van der Waals surface area contributed by atoms with Gasteiger partial charge in [-0.1, -0.05) is 0 Å². The van der Waals surface area contributed by atoms with E-state index in [1.165, 1.54) is 0 Å². The Kier molecular flexibility index (Phi) is 3.35. The van der Waals surface area contributed by atoms with Crippen LogP contribution in [-0.4, -0.2) is 34.0 Å². The molecular weight excluding hydrogens is 270 g/mol. The standard InChI is InChI=1S/C15H15N3O3/c1-9-17-13-5-10(4-12(6-16)14(13)21-9)7-18-3-2-11(8-18)15(19)20/h4-5,11H,2-3,7-8H2,1H3,(H,19,20). The molecule has 6 heteroatoms.